The van der Waals surface area contributed by atoms with Crippen molar-refractivity contribution < 1.29 is 23.7 Å². The summed E-state index contributed by atoms with van der Waals surface area (Å²) in [6.45, 7) is 12.7. The van der Waals surface area contributed by atoms with E-state index in [0.29, 0.717) is 129 Å². The van der Waals surface area contributed by atoms with Gasteiger partial charge in [-0.05, 0) is 31.7 Å². The Morgan fingerprint density at radius 2 is 1.64 bits per heavy atom. The highest BCUT2D eigenvalue weighted by molar-refractivity contribution is 5.80. The first-order valence-corrected chi connectivity index (χ1v) is 17.9. The first-order chi connectivity index (χ1) is 24.4. The van der Waals surface area contributed by atoms with Crippen molar-refractivity contribution in [3.8, 4) is 12.3 Å². The average Bonchev–Trinajstić information content (AvgIpc) is 3.65. The zero-order valence-electron chi connectivity index (χ0n) is 29.7. The van der Waals surface area contributed by atoms with Crippen LogP contribution in [0.4, 0.5) is 17.8 Å². The Labute approximate surface area is 295 Å². The van der Waals surface area contributed by atoms with E-state index in [1.54, 1.807) is 4.68 Å². The molecule has 4 rings (SSSR count). The lowest BCUT2D eigenvalue weighted by Crippen LogP contribution is -2.51. The normalized spacial score (nSPS) is 17.0. The number of carbonyl (C=O) groups is 1. The number of piperazine rings is 1. The van der Waals surface area contributed by atoms with E-state index in [1.807, 2.05) is 11.1 Å². The number of terminal acetylenes is 1. The molecule has 0 saturated carbocycles. The lowest BCUT2D eigenvalue weighted by atomic mass is 9.98. The Balaban J connectivity index is 1.35. The number of amides is 1. The first-order valence-electron chi connectivity index (χ1n) is 17.9. The summed E-state index contributed by atoms with van der Waals surface area (Å²) in [5.74, 6) is 4.32. The highest BCUT2D eigenvalue weighted by Crippen LogP contribution is 2.25. The van der Waals surface area contributed by atoms with E-state index in [1.165, 1.54) is 0 Å². The maximum atomic E-state index is 14.0. The number of aromatic nitrogens is 6. The molecule has 278 valence electrons. The summed E-state index contributed by atoms with van der Waals surface area (Å²) >= 11 is 0. The van der Waals surface area contributed by atoms with Crippen molar-refractivity contribution in [2.24, 2.45) is 17.4 Å². The Morgan fingerprint density at radius 1 is 0.980 bits per heavy atom. The summed E-state index contributed by atoms with van der Waals surface area (Å²) in [6, 6.07) is -0.705. The topological polar surface area (TPSA) is 197 Å². The summed E-state index contributed by atoms with van der Waals surface area (Å²) in [4.78, 5) is 34.4. The molecule has 2 saturated heterocycles. The summed E-state index contributed by atoms with van der Waals surface area (Å²) in [5.41, 5.74) is 12.9. The molecule has 3 atom stereocenters. The van der Waals surface area contributed by atoms with Gasteiger partial charge in [0.2, 0.25) is 23.8 Å². The van der Waals surface area contributed by atoms with Crippen LogP contribution in [0.15, 0.2) is 6.20 Å². The summed E-state index contributed by atoms with van der Waals surface area (Å²) in [5, 5.41) is 12.0. The quantitative estimate of drug-likeness (QED) is 0.113. The van der Waals surface area contributed by atoms with Gasteiger partial charge in [-0.15, -0.1) is 11.5 Å². The number of morpholine rings is 1. The zero-order valence-corrected chi connectivity index (χ0v) is 29.7. The van der Waals surface area contributed by atoms with E-state index in [-0.39, 0.29) is 24.5 Å². The lowest BCUT2D eigenvalue weighted by Gasteiger charge is -2.36. The molecule has 2 fully saturated rings. The highest BCUT2D eigenvalue weighted by Gasteiger charge is 2.31. The number of hydrogen-bond donors (Lipinski definition) is 3. The van der Waals surface area contributed by atoms with Crippen molar-refractivity contribution in [1.82, 2.24) is 34.8 Å². The standard InChI is InChI=1S/C33H56N12O5/c1-4-17-47-21-23-50-24-22-48-18-10-36-31-37-32(39-33(38-31)44-15-19-49-20-16-44)43-13-11-42(12-14-43)30(46)28(8-6-7-9-34)45-25-27(40-41-45)29(35)26(3)5-2/h1,25-26,28-29H,5-24,34-35H2,2-3H3,(H,36,37,38,39)/t26?,28-,29-/m0/s1. The van der Waals surface area contributed by atoms with Gasteiger partial charge in [0.05, 0.1) is 64.2 Å². The second-order valence-corrected chi connectivity index (χ2v) is 12.4. The van der Waals surface area contributed by atoms with Gasteiger partial charge in [-0.3, -0.25) is 4.79 Å². The first kappa shape index (κ1) is 39.1. The van der Waals surface area contributed by atoms with Crippen LogP contribution in [0.3, 0.4) is 0 Å². The predicted molar refractivity (Wildman–Crippen MR) is 190 cm³/mol. The van der Waals surface area contributed by atoms with Gasteiger partial charge in [0.1, 0.15) is 12.6 Å². The minimum absolute atomic E-state index is 0.0184. The second-order valence-electron chi connectivity index (χ2n) is 12.4. The molecule has 1 unspecified atom stereocenters. The van der Waals surface area contributed by atoms with Crippen molar-refractivity contribution in [3.05, 3.63) is 11.9 Å². The number of hydrogen-bond acceptors (Lipinski definition) is 15. The van der Waals surface area contributed by atoms with Gasteiger partial charge in [0.15, 0.2) is 0 Å². The van der Waals surface area contributed by atoms with Crippen LogP contribution >= 0.6 is 0 Å². The number of carbonyl (C=O) groups excluding carboxylic acids is 1. The molecule has 2 aromatic rings. The number of rotatable bonds is 22. The summed E-state index contributed by atoms with van der Waals surface area (Å²) in [7, 11) is 0. The van der Waals surface area contributed by atoms with Crippen molar-refractivity contribution in [3.63, 3.8) is 0 Å². The summed E-state index contributed by atoms with van der Waals surface area (Å²) in [6.07, 6.45) is 10.2. The number of nitrogens with two attached hydrogens (primary N) is 2. The smallest absolute Gasteiger partial charge is 0.247 e. The molecule has 50 heavy (non-hydrogen) atoms. The molecule has 1 amide bonds. The molecule has 0 aliphatic carbocycles. The number of nitrogens with one attached hydrogen (secondary N) is 1. The SMILES string of the molecule is C#CCOCCOCCOCCNc1nc(N2CCOCC2)nc(N2CCN(C(=O)[C@H](CCCCN)n3cc([C@@H](N)C(C)CC)nn3)CC2)n1. The van der Waals surface area contributed by atoms with Crippen molar-refractivity contribution >= 4 is 23.8 Å². The van der Waals surface area contributed by atoms with Crippen LogP contribution in [0.2, 0.25) is 0 Å². The predicted octanol–water partition coefficient (Wildman–Crippen LogP) is 0.459. The van der Waals surface area contributed by atoms with Gasteiger partial charge < -0.3 is 50.4 Å². The van der Waals surface area contributed by atoms with E-state index in [9.17, 15) is 4.79 Å². The maximum absolute atomic E-state index is 14.0. The Hall–Kier alpha value is -3.66. The van der Waals surface area contributed by atoms with E-state index in [2.05, 4.69) is 45.2 Å². The van der Waals surface area contributed by atoms with E-state index in [4.69, 9.17) is 51.8 Å². The van der Waals surface area contributed by atoms with Crippen molar-refractivity contribution in [1.29, 1.82) is 0 Å². The minimum atomic E-state index is -0.471. The Kier molecular flexibility index (Phi) is 16.9. The van der Waals surface area contributed by atoms with E-state index in [0.717, 1.165) is 19.3 Å². The van der Waals surface area contributed by atoms with Gasteiger partial charge in [-0.25, -0.2) is 4.68 Å². The largest absolute Gasteiger partial charge is 0.378 e. The average molecular weight is 701 g/mol. The van der Waals surface area contributed by atoms with Gasteiger partial charge in [-0.2, -0.15) is 15.0 Å². The third-order valence-electron chi connectivity index (χ3n) is 8.90. The molecule has 2 aliphatic rings. The number of unbranched alkanes of at least 4 members (excludes halogenated alkanes) is 1. The molecule has 5 N–H and O–H groups in total. The monoisotopic (exact) mass is 700 g/mol. The number of nitrogens with zero attached hydrogens (tertiary/aromatic N) is 9. The Bertz CT molecular complexity index is 1310. The molecular formula is C33H56N12O5. The van der Waals surface area contributed by atoms with Crippen LogP contribution in [-0.4, -0.2) is 146 Å². The fourth-order valence-corrected chi connectivity index (χ4v) is 5.61. The molecule has 0 spiro atoms. The van der Waals surface area contributed by atoms with Gasteiger partial charge in [0, 0.05) is 45.8 Å². The van der Waals surface area contributed by atoms with Gasteiger partial charge >= 0.3 is 0 Å². The molecule has 17 heteroatoms. The Morgan fingerprint density at radius 3 is 2.30 bits per heavy atom. The highest BCUT2D eigenvalue weighted by atomic mass is 16.5. The molecule has 0 bridgehead atoms. The number of ether oxygens (including phenoxy) is 4. The van der Waals surface area contributed by atoms with Crippen LogP contribution in [0.25, 0.3) is 0 Å². The van der Waals surface area contributed by atoms with Crippen molar-refractivity contribution in [2.75, 3.05) is 120 Å². The zero-order chi connectivity index (χ0) is 35.6. The van der Waals surface area contributed by atoms with Gasteiger partial charge in [0.25, 0.3) is 0 Å². The molecule has 2 aromatic heterocycles. The second kappa shape index (κ2) is 21.5. The molecule has 17 nitrogen and oxygen atoms in total. The van der Waals surface area contributed by atoms with Crippen LogP contribution in [0.5, 0.6) is 0 Å². The minimum Gasteiger partial charge on any atom is -0.378 e. The van der Waals surface area contributed by atoms with Crippen LogP contribution in [-0.2, 0) is 23.7 Å². The lowest BCUT2D eigenvalue weighted by molar-refractivity contribution is -0.135. The molecular weight excluding hydrogens is 644 g/mol. The molecule has 4 heterocycles. The van der Waals surface area contributed by atoms with E-state index < -0.39 is 6.04 Å². The molecule has 0 aromatic carbocycles. The van der Waals surface area contributed by atoms with Gasteiger partial charge in [-0.1, -0.05) is 31.4 Å². The van der Waals surface area contributed by atoms with E-state index >= 15 is 0 Å². The fourth-order valence-electron chi connectivity index (χ4n) is 5.61. The molecule has 2 aliphatic heterocycles. The maximum Gasteiger partial charge on any atom is 0.247 e. The van der Waals surface area contributed by atoms with Crippen LogP contribution in [0, 0.1) is 18.3 Å². The molecule has 0 radical (unpaired) electrons. The fraction of sp³-hybridized carbons (Fsp3) is 0.758. The van der Waals surface area contributed by atoms with Crippen molar-refractivity contribution in [2.45, 2.75) is 51.6 Å². The summed E-state index contributed by atoms with van der Waals surface area (Å²) < 4.78 is 23.6. The third-order valence-corrected chi connectivity index (χ3v) is 8.90. The number of anilines is 3. The van der Waals surface area contributed by atoms with Crippen LogP contribution in [0.1, 0.15) is 57.3 Å². The van der Waals surface area contributed by atoms with Crippen LogP contribution < -0.4 is 26.6 Å². The third kappa shape index (κ3) is 12.0.